The first kappa shape index (κ1) is 11.4. The van der Waals surface area contributed by atoms with Gasteiger partial charge in [-0.05, 0) is 12.1 Å². The molecule has 2 N–H and O–H groups in total. The summed E-state index contributed by atoms with van der Waals surface area (Å²) in [5, 5.41) is 1.53. The quantitative estimate of drug-likeness (QED) is 0.911. The molecule has 0 saturated heterocycles. The van der Waals surface area contributed by atoms with Crippen molar-refractivity contribution < 1.29 is 0 Å². The van der Waals surface area contributed by atoms with E-state index in [9.17, 15) is 0 Å². The molecule has 0 saturated carbocycles. The number of benzene rings is 1. The fourth-order valence-electron chi connectivity index (χ4n) is 1.14. The van der Waals surface area contributed by atoms with Crippen molar-refractivity contribution in [3.63, 3.8) is 0 Å². The monoisotopic (exact) mass is 251 g/mol. The van der Waals surface area contributed by atoms with Gasteiger partial charge in [0.15, 0.2) is 0 Å². The van der Waals surface area contributed by atoms with E-state index in [-0.39, 0.29) is 0 Å². The highest BCUT2D eigenvalue weighted by atomic mass is 35.5. The Hall–Kier alpha value is -1.10. The summed E-state index contributed by atoms with van der Waals surface area (Å²) in [5.41, 5.74) is 6.23. The van der Waals surface area contributed by atoms with Crippen LogP contribution in [0.1, 0.15) is 5.69 Å². The summed E-state index contributed by atoms with van der Waals surface area (Å²) in [6.45, 7) is 0.407. The Balaban J connectivity index is 2.18. The maximum Gasteiger partial charge on any atom is 0.119 e. The molecule has 1 aromatic heterocycles. The van der Waals surface area contributed by atoms with Crippen molar-refractivity contribution in [1.82, 2.24) is 9.97 Å². The molecule has 2 rings (SSSR count). The molecule has 3 nitrogen and oxygen atoms in total. The number of hydrogen-bond acceptors (Lipinski definition) is 4. The molecule has 0 bridgehead atoms. The summed E-state index contributed by atoms with van der Waals surface area (Å²) in [5.74, 6) is 0. The van der Waals surface area contributed by atoms with Crippen LogP contribution < -0.4 is 5.73 Å². The molecule has 0 aliphatic rings. The standard InChI is InChI=1S/C11H10ClN3S/c12-9-3-1-2-4-10(9)16-11-7-14-8(5-13)6-15-11/h1-4,6-7H,5,13H2. The number of halogens is 1. The predicted molar refractivity (Wildman–Crippen MR) is 65.5 cm³/mol. The first-order valence-electron chi connectivity index (χ1n) is 4.73. The molecule has 0 aliphatic carbocycles. The summed E-state index contributed by atoms with van der Waals surface area (Å²) in [4.78, 5) is 9.39. The number of hydrogen-bond donors (Lipinski definition) is 1. The van der Waals surface area contributed by atoms with Gasteiger partial charge in [0, 0.05) is 11.4 Å². The maximum atomic E-state index is 6.04. The van der Waals surface area contributed by atoms with Crippen LogP contribution in [0.25, 0.3) is 0 Å². The third kappa shape index (κ3) is 2.72. The summed E-state index contributed by atoms with van der Waals surface area (Å²) in [7, 11) is 0. The zero-order chi connectivity index (χ0) is 11.4. The molecule has 0 atom stereocenters. The Morgan fingerprint density at radius 2 is 2.00 bits per heavy atom. The van der Waals surface area contributed by atoms with Gasteiger partial charge in [-0.25, -0.2) is 4.98 Å². The van der Waals surface area contributed by atoms with Crippen LogP contribution >= 0.6 is 23.4 Å². The molecule has 82 valence electrons. The van der Waals surface area contributed by atoms with Gasteiger partial charge in [-0.1, -0.05) is 35.5 Å². The van der Waals surface area contributed by atoms with E-state index in [0.717, 1.165) is 20.6 Å². The van der Waals surface area contributed by atoms with E-state index in [2.05, 4.69) is 9.97 Å². The van der Waals surface area contributed by atoms with Crippen LogP contribution in [-0.4, -0.2) is 9.97 Å². The van der Waals surface area contributed by atoms with Crippen molar-refractivity contribution in [3.05, 3.63) is 47.4 Å². The lowest BCUT2D eigenvalue weighted by molar-refractivity contribution is 0.923. The molecule has 0 amide bonds. The second kappa shape index (κ2) is 5.30. The van der Waals surface area contributed by atoms with Crippen molar-refractivity contribution in [1.29, 1.82) is 0 Å². The summed E-state index contributed by atoms with van der Waals surface area (Å²) in [6.07, 6.45) is 3.38. The van der Waals surface area contributed by atoms with Gasteiger partial charge in [0.2, 0.25) is 0 Å². The molecular formula is C11H10ClN3S. The highest BCUT2D eigenvalue weighted by Crippen LogP contribution is 2.31. The van der Waals surface area contributed by atoms with E-state index in [1.165, 1.54) is 11.8 Å². The molecule has 16 heavy (non-hydrogen) atoms. The molecule has 5 heteroatoms. The van der Waals surface area contributed by atoms with Gasteiger partial charge in [-0.2, -0.15) is 0 Å². The van der Waals surface area contributed by atoms with Crippen LogP contribution in [0.4, 0.5) is 0 Å². The largest absolute Gasteiger partial charge is 0.325 e. The zero-order valence-electron chi connectivity index (χ0n) is 8.43. The van der Waals surface area contributed by atoms with Crippen LogP contribution in [0.5, 0.6) is 0 Å². The molecule has 0 aliphatic heterocycles. The summed E-state index contributed by atoms with van der Waals surface area (Å²) < 4.78 is 0. The van der Waals surface area contributed by atoms with Gasteiger partial charge in [0.25, 0.3) is 0 Å². The lowest BCUT2D eigenvalue weighted by Crippen LogP contribution is -1.99. The van der Waals surface area contributed by atoms with E-state index in [4.69, 9.17) is 17.3 Å². The van der Waals surface area contributed by atoms with E-state index in [1.807, 2.05) is 24.3 Å². The van der Waals surface area contributed by atoms with E-state index >= 15 is 0 Å². The van der Waals surface area contributed by atoms with Gasteiger partial charge in [0.05, 0.1) is 23.1 Å². The van der Waals surface area contributed by atoms with Crippen molar-refractivity contribution >= 4 is 23.4 Å². The Morgan fingerprint density at radius 3 is 2.62 bits per heavy atom. The average molecular weight is 252 g/mol. The minimum Gasteiger partial charge on any atom is -0.325 e. The lowest BCUT2D eigenvalue weighted by atomic mass is 10.4. The Morgan fingerprint density at radius 1 is 1.19 bits per heavy atom. The van der Waals surface area contributed by atoms with Crippen LogP contribution in [0.15, 0.2) is 46.6 Å². The second-order valence-corrected chi connectivity index (χ2v) is 4.55. The third-order valence-electron chi connectivity index (χ3n) is 1.94. The average Bonchev–Trinajstić information content (AvgIpc) is 2.33. The number of nitrogens with zero attached hydrogens (tertiary/aromatic N) is 2. The molecule has 0 fully saturated rings. The molecular weight excluding hydrogens is 242 g/mol. The predicted octanol–water partition coefficient (Wildman–Crippen LogP) is 2.74. The fourth-order valence-corrected chi connectivity index (χ4v) is 2.14. The number of nitrogens with two attached hydrogens (primary N) is 1. The Labute approximate surface area is 103 Å². The second-order valence-electron chi connectivity index (χ2n) is 3.08. The molecule has 0 spiro atoms. The van der Waals surface area contributed by atoms with Gasteiger partial charge >= 0.3 is 0 Å². The Kier molecular flexibility index (Phi) is 3.77. The highest BCUT2D eigenvalue weighted by molar-refractivity contribution is 7.99. The minimum absolute atomic E-state index is 0.407. The van der Waals surface area contributed by atoms with E-state index < -0.39 is 0 Å². The fraction of sp³-hybridized carbons (Fsp3) is 0.0909. The van der Waals surface area contributed by atoms with E-state index in [0.29, 0.717) is 6.54 Å². The van der Waals surface area contributed by atoms with E-state index in [1.54, 1.807) is 12.4 Å². The zero-order valence-corrected chi connectivity index (χ0v) is 10.0. The van der Waals surface area contributed by atoms with Crippen LogP contribution in [0, 0.1) is 0 Å². The summed E-state index contributed by atoms with van der Waals surface area (Å²) in [6, 6.07) is 7.64. The summed E-state index contributed by atoms with van der Waals surface area (Å²) >= 11 is 7.53. The van der Waals surface area contributed by atoms with Crippen molar-refractivity contribution in [3.8, 4) is 0 Å². The van der Waals surface area contributed by atoms with Gasteiger partial charge in [0.1, 0.15) is 5.03 Å². The normalized spacial score (nSPS) is 10.4. The smallest absolute Gasteiger partial charge is 0.119 e. The molecule has 1 aromatic carbocycles. The maximum absolute atomic E-state index is 6.04. The lowest BCUT2D eigenvalue weighted by Gasteiger charge is -2.02. The molecule has 0 radical (unpaired) electrons. The van der Waals surface area contributed by atoms with Crippen LogP contribution in [0.2, 0.25) is 5.02 Å². The SMILES string of the molecule is NCc1cnc(Sc2ccccc2Cl)cn1. The Bertz CT molecular complexity index is 473. The van der Waals surface area contributed by atoms with Crippen molar-refractivity contribution in [2.24, 2.45) is 5.73 Å². The molecule has 1 heterocycles. The first-order valence-corrected chi connectivity index (χ1v) is 5.92. The topological polar surface area (TPSA) is 51.8 Å². The highest BCUT2D eigenvalue weighted by Gasteiger charge is 2.03. The van der Waals surface area contributed by atoms with Crippen LogP contribution in [-0.2, 0) is 6.54 Å². The van der Waals surface area contributed by atoms with Crippen molar-refractivity contribution in [2.45, 2.75) is 16.5 Å². The number of rotatable bonds is 3. The minimum atomic E-state index is 0.407. The van der Waals surface area contributed by atoms with Gasteiger partial charge < -0.3 is 5.73 Å². The number of aromatic nitrogens is 2. The third-order valence-corrected chi connectivity index (χ3v) is 3.38. The van der Waals surface area contributed by atoms with Gasteiger partial charge in [-0.3, -0.25) is 4.98 Å². The van der Waals surface area contributed by atoms with Gasteiger partial charge in [-0.15, -0.1) is 0 Å². The molecule has 0 unspecified atom stereocenters. The first-order chi connectivity index (χ1) is 7.79. The molecule has 2 aromatic rings. The van der Waals surface area contributed by atoms with Crippen LogP contribution in [0.3, 0.4) is 0 Å². The van der Waals surface area contributed by atoms with Crippen molar-refractivity contribution in [2.75, 3.05) is 0 Å².